The van der Waals surface area contributed by atoms with Gasteiger partial charge >= 0.3 is 0 Å². The van der Waals surface area contributed by atoms with Crippen molar-refractivity contribution in [3.8, 4) is 11.1 Å². The molecule has 0 spiro atoms. The van der Waals surface area contributed by atoms with Gasteiger partial charge in [0, 0.05) is 23.7 Å². The maximum absolute atomic E-state index is 13.0. The van der Waals surface area contributed by atoms with E-state index in [9.17, 15) is 4.39 Å². The molecule has 0 saturated heterocycles. The molecule has 0 radical (unpaired) electrons. The van der Waals surface area contributed by atoms with E-state index in [4.69, 9.17) is 5.73 Å². The van der Waals surface area contributed by atoms with Gasteiger partial charge in [0.15, 0.2) is 0 Å². The summed E-state index contributed by atoms with van der Waals surface area (Å²) in [6, 6.07) is 8.38. The van der Waals surface area contributed by atoms with Crippen LogP contribution in [-0.4, -0.2) is 9.55 Å². The van der Waals surface area contributed by atoms with E-state index in [0.717, 1.165) is 28.7 Å². The summed E-state index contributed by atoms with van der Waals surface area (Å²) in [6.45, 7) is 2.89. The molecule has 2 N–H and O–H groups in total. The van der Waals surface area contributed by atoms with Crippen LogP contribution in [0.3, 0.4) is 0 Å². The zero-order valence-corrected chi connectivity index (χ0v) is 10.6. The molecule has 0 fully saturated rings. The number of nitrogens with two attached hydrogens (primary N) is 1. The number of hydrogen-bond donors (Lipinski definition) is 1. The average molecular weight is 255 g/mol. The Hall–Kier alpha value is -2.36. The monoisotopic (exact) mass is 255 g/mol. The molecular weight excluding hydrogens is 241 g/mol. The number of nitrogen functional groups attached to an aromatic ring is 1. The number of rotatable bonds is 2. The first-order valence-corrected chi connectivity index (χ1v) is 6.19. The summed E-state index contributed by atoms with van der Waals surface area (Å²) in [6.07, 6.45) is 3.69. The molecule has 0 atom stereocenters. The van der Waals surface area contributed by atoms with Crippen molar-refractivity contribution in [3.63, 3.8) is 0 Å². The molecule has 4 heteroatoms. The molecular formula is C15H14FN3. The summed E-state index contributed by atoms with van der Waals surface area (Å²) >= 11 is 0. The van der Waals surface area contributed by atoms with E-state index in [1.54, 1.807) is 18.3 Å². The van der Waals surface area contributed by atoms with Crippen LogP contribution < -0.4 is 5.73 Å². The fourth-order valence-electron chi connectivity index (χ4n) is 2.29. The number of fused-ring (bicyclic) bond motifs is 1. The second kappa shape index (κ2) is 4.39. The van der Waals surface area contributed by atoms with E-state index in [1.807, 2.05) is 12.3 Å². The summed E-state index contributed by atoms with van der Waals surface area (Å²) in [4.78, 5) is 4.38. The number of anilines is 1. The van der Waals surface area contributed by atoms with E-state index < -0.39 is 0 Å². The molecule has 1 aromatic carbocycles. The van der Waals surface area contributed by atoms with Crippen molar-refractivity contribution in [3.05, 3.63) is 48.5 Å². The summed E-state index contributed by atoms with van der Waals surface area (Å²) in [5.74, 6) is -0.236. The van der Waals surface area contributed by atoms with Crippen LogP contribution in [0.2, 0.25) is 0 Å². The number of halogens is 1. The Kier molecular flexibility index (Phi) is 2.71. The van der Waals surface area contributed by atoms with Gasteiger partial charge < -0.3 is 10.3 Å². The molecule has 0 aliphatic heterocycles. The average Bonchev–Trinajstić information content (AvgIpc) is 2.77. The van der Waals surface area contributed by atoms with Gasteiger partial charge in [0.25, 0.3) is 0 Å². The zero-order valence-electron chi connectivity index (χ0n) is 10.6. The summed E-state index contributed by atoms with van der Waals surface area (Å²) in [7, 11) is 0. The highest BCUT2D eigenvalue weighted by Crippen LogP contribution is 2.30. The highest BCUT2D eigenvalue weighted by Gasteiger charge is 2.11. The Bertz CT molecular complexity index is 729. The van der Waals surface area contributed by atoms with Gasteiger partial charge in [0.05, 0.1) is 11.9 Å². The minimum absolute atomic E-state index is 0.236. The lowest BCUT2D eigenvalue weighted by Crippen LogP contribution is -1.93. The van der Waals surface area contributed by atoms with Gasteiger partial charge in [-0.3, -0.25) is 0 Å². The minimum Gasteiger partial charge on any atom is -0.397 e. The molecule has 0 saturated carbocycles. The van der Waals surface area contributed by atoms with Gasteiger partial charge in [-0.25, -0.2) is 9.37 Å². The SMILES string of the molecule is CCn1cc(-c2ccc(F)cc2)c2cc(N)cnc21. The van der Waals surface area contributed by atoms with Gasteiger partial charge in [0.1, 0.15) is 11.5 Å². The number of aryl methyl sites for hydroxylation is 1. The Morgan fingerprint density at radius 1 is 1.26 bits per heavy atom. The Morgan fingerprint density at radius 2 is 2.00 bits per heavy atom. The molecule has 19 heavy (non-hydrogen) atoms. The third kappa shape index (κ3) is 1.95. The number of pyridine rings is 1. The predicted octanol–water partition coefficient (Wildman–Crippen LogP) is 3.44. The largest absolute Gasteiger partial charge is 0.397 e. The van der Waals surface area contributed by atoms with Crippen molar-refractivity contribution in [1.29, 1.82) is 0 Å². The van der Waals surface area contributed by atoms with E-state index in [2.05, 4.69) is 16.5 Å². The fraction of sp³-hybridized carbons (Fsp3) is 0.133. The van der Waals surface area contributed by atoms with Crippen molar-refractivity contribution in [2.24, 2.45) is 0 Å². The van der Waals surface area contributed by atoms with E-state index in [0.29, 0.717) is 5.69 Å². The zero-order chi connectivity index (χ0) is 13.4. The van der Waals surface area contributed by atoms with Crippen LogP contribution in [0, 0.1) is 5.82 Å². The number of benzene rings is 1. The second-order valence-corrected chi connectivity index (χ2v) is 4.48. The topological polar surface area (TPSA) is 43.8 Å². The van der Waals surface area contributed by atoms with Gasteiger partial charge in [0.2, 0.25) is 0 Å². The molecule has 0 aliphatic rings. The summed E-state index contributed by atoms with van der Waals surface area (Å²) in [5.41, 5.74) is 9.33. The number of hydrogen-bond acceptors (Lipinski definition) is 2. The highest BCUT2D eigenvalue weighted by atomic mass is 19.1. The molecule has 0 unspecified atom stereocenters. The van der Waals surface area contributed by atoms with Gasteiger partial charge in [-0.2, -0.15) is 0 Å². The molecule has 0 bridgehead atoms. The summed E-state index contributed by atoms with van der Waals surface area (Å²) < 4.78 is 15.1. The Balaban J connectivity index is 2.28. The van der Waals surface area contributed by atoms with Crippen LogP contribution in [0.25, 0.3) is 22.2 Å². The number of aromatic nitrogens is 2. The Labute approximate surface area is 110 Å². The standard InChI is InChI=1S/C15H14FN3/c1-2-19-9-14(10-3-5-11(16)6-4-10)13-7-12(17)8-18-15(13)19/h3-9H,2,17H2,1H3. The van der Waals surface area contributed by atoms with Crippen LogP contribution in [0.1, 0.15) is 6.92 Å². The first-order valence-electron chi connectivity index (χ1n) is 6.19. The smallest absolute Gasteiger partial charge is 0.140 e. The van der Waals surface area contributed by atoms with Crippen LogP contribution in [0.15, 0.2) is 42.7 Å². The number of nitrogens with zero attached hydrogens (tertiary/aromatic N) is 2. The Morgan fingerprint density at radius 3 is 2.68 bits per heavy atom. The maximum Gasteiger partial charge on any atom is 0.140 e. The highest BCUT2D eigenvalue weighted by molar-refractivity contribution is 5.95. The quantitative estimate of drug-likeness (QED) is 0.762. The van der Waals surface area contributed by atoms with Gasteiger partial charge in [-0.15, -0.1) is 0 Å². The van der Waals surface area contributed by atoms with Crippen molar-refractivity contribution in [2.75, 3.05) is 5.73 Å². The maximum atomic E-state index is 13.0. The van der Waals surface area contributed by atoms with E-state index in [1.165, 1.54) is 12.1 Å². The van der Waals surface area contributed by atoms with Crippen LogP contribution in [-0.2, 0) is 6.54 Å². The van der Waals surface area contributed by atoms with Crippen molar-refractivity contribution in [2.45, 2.75) is 13.5 Å². The predicted molar refractivity (Wildman–Crippen MR) is 75.2 cm³/mol. The van der Waals surface area contributed by atoms with Gasteiger partial charge in [-0.05, 0) is 30.7 Å². The molecule has 3 aromatic rings. The van der Waals surface area contributed by atoms with Crippen molar-refractivity contribution in [1.82, 2.24) is 9.55 Å². The lowest BCUT2D eigenvalue weighted by Gasteiger charge is -2.00. The molecule has 3 nitrogen and oxygen atoms in total. The minimum atomic E-state index is -0.236. The lowest BCUT2D eigenvalue weighted by atomic mass is 10.1. The first-order chi connectivity index (χ1) is 9.19. The van der Waals surface area contributed by atoms with Crippen LogP contribution in [0.4, 0.5) is 10.1 Å². The van der Waals surface area contributed by atoms with Gasteiger partial charge in [-0.1, -0.05) is 12.1 Å². The van der Waals surface area contributed by atoms with Crippen molar-refractivity contribution < 1.29 is 4.39 Å². The molecule has 2 heterocycles. The third-order valence-electron chi connectivity index (χ3n) is 3.23. The van der Waals surface area contributed by atoms with Crippen molar-refractivity contribution >= 4 is 16.7 Å². The molecule has 0 aliphatic carbocycles. The third-order valence-corrected chi connectivity index (χ3v) is 3.23. The molecule has 0 amide bonds. The molecule has 96 valence electrons. The summed E-state index contributed by atoms with van der Waals surface area (Å²) in [5, 5.41) is 0.994. The van der Waals surface area contributed by atoms with E-state index in [-0.39, 0.29) is 5.82 Å². The fourth-order valence-corrected chi connectivity index (χ4v) is 2.29. The lowest BCUT2D eigenvalue weighted by molar-refractivity contribution is 0.628. The van der Waals surface area contributed by atoms with Crippen LogP contribution in [0.5, 0.6) is 0 Å². The molecule has 2 aromatic heterocycles. The first kappa shape index (κ1) is 11.7. The molecule has 3 rings (SSSR count). The van der Waals surface area contributed by atoms with E-state index >= 15 is 0 Å². The normalized spacial score (nSPS) is 11.1. The van der Waals surface area contributed by atoms with Crippen LogP contribution >= 0.6 is 0 Å². The second-order valence-electron chi connectivity index (χ2n) is 4.48.